The third kappa shape index (κ3) is 2.22. The van der Waals surface area contributed by atoms with Crippen LogP contribution >= 0.6 is 0 Å². The summed E-state index contributed by atoms with van der Waals surface area (Å²) in [5.74, 6) is 1.12. The van der Waals surface area contributed by atoms with E-state index in [1.54, 1.807) is 0 Å². The molecule has 5 nitrogen and oxygen atoms in total. The lowest BCUT2D eigenvalue weighted by atomic mass is 10.0. The van der Waals surface area contributed by atoms with Crippen LogP contribution in [0, 0.1) is 6.92 Å². The highest BCUT2D eigenvalue weighted by molar-refractivity contribution is 6.15. The van der Waals surface area contributed by atoms with Crippen LogP contribution in [0.1, 0.15) is 19.4 Å². The summed E-state index contributed by atoms with van der Waals surface area (Å²) in [7, 11) is 2.10. The smallest absolute Gasteiger partial charge is 0.242 e. The van der Waals surface area contributed by atoms with Crippen molar-refractivity contribution in [2.45, 2.75) is 20.8 Å². The van der Waals surface area contributed by atoms with Crippen LogP contribution in [0.2, 0.25) is 0 Å². The monoisotopic (exact) mass is 335 g/mol. The van der Waals surface area contributed by atoms with E-state index >= 15 is 0 Å². The maximum Gasteiger partial charge on any atom is 0.242 e. The summed E-state index contributed by atoms with van der Waals surface area (Å²) in [6.45, 7) is 7.11. The van der Waals surface area contributed by atoms with Crippen molar-refractivity contribution in [3.05, 3.63) is 35.9 Å². The van der Waals surface area contributed by atoms with Gasteiger partial charge in [-0.2, -0.15) is 0 Å². The summed E-state index contributed by atoms with van der Waals surface area (Å²) in [6, 6.07) is 10.6. The Bertz CT molecular complexity index is 1100. The second kappa shape index (κ2) is 5.92. The molecular weight excluding hydrogens is 314 g/mol. The average Bonchev–Trinajstić information content (AvgIpc) is 2.91. The molecule has 0 aliphatic carbocycles. The lowest BCUT2D eigenvalue weighted by molar-refractivity contribution is 0.309. The Hall–Kier alpha value is -2.82. The second-order valence-corrected chi connectivity index (χ2v) is 6.07. The summed E-state index contributed by atoms with van der Waals surface area (Å²) >= 11 is 0. The molecule has 2 heterocycles. The number of rotatable bonds is 4. The molecule has 5 heteroatoms. The molecule has 4 rings (SSSR count). The van der Waals surface area contributed by atoms with Gasteiger partial charge in [0.05, 0.1) is 29.5 Å². The van der Waals surface area contributed by atoms with Crippen molar-refractivity contribution in [2.75, 3.05) is 13.2 Å². The van der Waals surface area contributed by atoms with Gasteiger partial charge in [0.2, 0.25) is 11.8 Å². The number of hydrogen-bond acceptors (Lipinski definition) is 4. The summed E-state index contributed by atoms with van der Waals surface area (Å²) in [6.07, 6.45) is 0. The SMILES string of the molecule is CCOc1nnc(OCC)c2c(C)c3c(cc12)c1ccccc1n3C. The Balaban J connectivity index is 2.22. The Kier molecular flexibility index (Phi) is 3.71. The Morgan fingerprint density at radius 3 is 2.36 bits per heavy atom. The third-order valence-electron chi connectivity index (χ3n) is 4.67. The molecule has 4 aromatic rings. The van der Waals surface area contributed by atoms with E-state index in [4.69, 9.17) is 9.47 Å². The van der Waals surface area contributed by atoms with Gasteiger partial charge in [-0.1, -0.05) is 18.2 Å². The first-order valence-corrected chi connectivity index (χ1v) is 8.60. The number of hydrogen-bond donors (Lipinski definition) is 0. The summed E-state index contributed by atoms with van der Waals surface area (Å²) < 4.78 is 13.7. The van der Waals surface area contributed by atoms with Crippen LogP contribution in [0.4, 0.5) is 0 Å². The lowest BCUT2D eigenvalue weighted by Crippen LogP contribution is -2.03. The standard InChI is InChI=1S/C20H21N3O2/c1-5-24-19-15-11-14-13-9-7-8-10-16(13)23(4)18(14)12(3)17(15)20(22-21-19)25-6-2/h7-11H,5-6H2,1-4H3. The first-order chi connectivity index (χ1) is 12.2. The van der Waals surface area contributed by atoms with Gasteiger partial charge < -0.3 is 14.0 Å². The highest BCUT2D eigenvalue weighted by Gasteiger charge is 2.19. The first kappa shape index (κ1) is 15.7. The van der Waals surface area contributed by atoms with E-state index in [0.717, 1.165) is 16.3 Å². The van der Waals surface area contributed by atoms with Crippen molar-refractivity contribution < 1.29 is 9.47 Å². The number of benzene rings is 2. The normalized spacial score (nSPS) is 11.5. The van der Waals surface area contributed by atoms with Gasteiger partial charge in [0, 0.05) is 23.3 Å². The van der Waals surface area contributed by atoms with Crippen LogP contribution in [0.25, 0.3) is 32.6 Å². The number of para-hydroxylation sites is 1. The fourth-order valence-corrected chi connectivity index (χ4v) is 3.68. The lowest BCUT2D eigenvalue weighted by Gasteiger charge is -2.13. The highest BCUT2D eigenvalue weighted by atomic mass is 16.5. The van der Waals surface area contributed by atoms with Gasteiger partial charge in [0.15, 0.2) is 0 Å². The summed E-state index contributed by atoms with van der Waals surface area (Å²) in [5.41, 5.74) is 3.52. The van der Waals surface area contributed by atoms with Gasteiger partial charge in [0.25, 0.3) is 0 Å². The number of fused-ring (bicyclic) bond motifs is 4. The molecule has 0 N–H and O–H groups in total. The molecule has 0 bridgehead atoms. The largest absolute Gasteiger partial charge is 0.476 e. The molecule has 0 unspecified atom stereocenters. The van der Waals surface area contributed by atoms with Crippen molar-refractivity contribution in [3.8, 4) is 11.8 Å². The molecule has 0 aliphatic heterocycles. The van der Waals surface area contributed by atoms with Crippen LogP contribution in [-0.4, -0.2) is 28.0 Å². The van der Waals surface area contributed by atoms with Gasteiger partial charge in [-0.25, -0.2) is 0 Å². The first-order valence-electron chi connectivity index (χ1n) is 8.60. The minimum absolute atomic E-state index is 0.546. The Labute approximate surface area is 146 Å². The van der Waals surface area contributed by atoms with Gasteiger partial charge in [0.1, 0.15) is 0 Å². The number of aryl methyl sites for hydroxylation is 2. The van der Waals surface area contributed by atoms with Crippen LogP contribution in [0.5, 0.6) is 11.8 Å². The zero-order valence-corrected chi connectivity index (χ0v) is 15.0. The van der Waals surface area contributed by atoms with Crippen molar-refractivity contribution in [3.63, 3.8) is 0 Å². The number of aromatic nitrogens is 3. The quantitative estimate of drug-likeness (QED) is 0.555. The predicted octanol–water partition coefficient (Wildman–Crippen LogP) is 4.38. The number of nitrogens with zero attached hydrogens (tertiary/aromatic N) is 3. The van der Waals surface area contributed by atoms with Gasteiger partial charge in [-0.3, -0.25) is 0 Å². The van der Waals surface area contributed by atoms with E-state index in [1.807, 2.05) is 13.8 Å². The fourth-order valence-electron chi connectivity index (χ4n) is 3.68. The minimum Gasteiger partial charge on any atom is -0.476 e. The Morgan fingerprint density at radius 2 is 1.60 bits per heavy atom. The molecule has 0 atom stereocenters. The molecule has 25 heavy (non-hydrogen) atoms. The topological polar surface area (TPSA) is 49.2 Å². The molecule has 0 amide bonds. The van der Waals surface area contributed by atoms with Crippen LogP contribution in [0.3, 0.4) is 0 Å². The second-order valence-electron chi connectivity index (χ2n) is 6.07. The molecule has 0 radical (unpaired) electrons. The zero-order chi connectivity index (χ0) is 17.6. The van der Waals surface area contributed by atoms with Crippen molar-refractivity contribution in [2.24, 2.45) is 7.05 Å². The van der Waals surface area contributed by atoms with E-state index in [2.05, 4.69) is 59.1 Å². The van der Waals surface area contributed by atoms with Gasteiger partial charge >= 0.3 is 0 Å². The summed E-state index contributed by atoms with van der Waals surface area (Å²) in [5, 5.41) is 12.8. The molecule has 0 spiro atoms. The number of ether oxygens (including phenoxy) is 2. The average molecular weight is 335 g/mol. The zero-order valence-electron chi connectivity index (χ0n) is 15.0. The van der Waals surface area contributed by atoms with E-state index in [9.17, 15) is 0 Å². The van der Waals surface area contributed by atoms with Crippen LogP contribution in [0.15, 0.2) is 30.3 Å². The van der Waals surface area contributed by atoms with Crippen LogP contribution < -0.4 is 9.47 Å². The molecule has 0 fully saturated rings. The predicted molar refractivity (Wildman–Crippen MR) is 101 cm³/mol. The molecule has 128 valence electrons. The molecular formula is C20H21N3O2. The van der Waals surface area contributed by atoms with Crippen LogP contribution in [-0.2, 0) is 7.05 Å². The third-order valence-corrected chi connectivity index (χ3v) is 4.67. The Morgan fingerprint density at radius 1 is 0.920 bits per heavy atom. The maximum atomic E-state index is 5.76. The van der Waals surface area contributed by atoms with E-state index in [-0.39, 0.29) is 0 Å². The van der Waals surface area contributed by atoms with E-state index in [0.29, 0.717) is 25.0 Å². The van der Waals surface area contributed by atoms with Crippen molar-refractivity contribution >= 4 is 32.6 Å². The van der Waals surface area contributed by atoms with Gasteiger partial charge in [-0.15, -0.1) is 10.2 Å². The maximum absolute atomic E-state index is 5.76. The minimum atomic E-state index is 0.546. The molecule has 0 saturated carbocycles. The molecule has 2 aromatic carbocycles. The van der Waals surface area contributed by atoms with E-state index in [1.165, 1.54) is 21.8 Å². The molecule has 2 aromatic heterocycles. The molecule has 0 saturated heterocycles. The van der Waals surface area contributed by atoms with Crippen molar-refractivity contribution in [1.29, 1.82) is 0 Å². The fraction of sp³-hybridized carbons (Fsp3) is 0.300. The molecule has 0 aliphatic rings. The van der Waals surface area contributed by atoms with E-state index < -0.39 is 0 Å². The van der Waals surface area contributed by atoms with Crippen molar-refractivity contribution in [1.82, 2.24) is 14.8 Å². The highest BCUT2D eigenvalue weighted by Crippen LogP contribution is 2.40. The summed E-state index contributed by atoms with van der Waals surface area (Å²) in [4.78, 5) is 0. The van der Waals surface area contributed by atoms with Gasteiger partial charge in [-0.05, 0) is 38.5 Å².